The number of hydrogen-bond acceptors (Lipinski definition) is 5. The number of hydrogen-bond donors (Lipinski definition) is 0. The van der Waals surface area contributed by atoms with Crippen LogP contribution < -0.4 is 4.74 Å². The van der Waals surface area contributed by atoms with Gasteiger partial charge in [0.2, 0.25) is 0 Å². The molecule has 0 amide bonds. The lowest BCUT2D eigenvalue weighted by Crippen LogP contribution is -2.41. The van der Waals surface area contributed by atoms with E-state index in [9.17, 15) is 4.79 Å². The first kappa shape index (κ1) is 15.8. The molecule has 1 heterocycles. The van der Waals surface area contributed by atoms with E-state index in [0.717, 1.165) is 38.4 Å². The van der Waals surface area contributed by atoms with Crippen LogP contribution in [0.1, 0.15) is 12.5 Å². The Morgan fingerprint density at radius 2 is 1.95 bits per heavy atom. The Balaban J connectivity index is 1.67. The molecule has 1 aromatic rings. The van der Waals surface area contributed by atoms with Gasteiger partial charge in [-0.15, -0.1) is 0 Å². The number of benzene rings is 1. The number of morpholine rings is 1. The summed E-state index contributed by atoms with van der Waals surface area (Å²) in [5, 5.41) is 0. The second kappa shape index (κ2) is 8.00. The molecular weight excluding hydrogens is 270 g/mol. The highest BCUT2D eigenvalue weighted by molar-refractivity contribution is 5.71. The zero-order valence-corrected chi connectivity index (χ0v) is 12.7. The maximum absolute atomic E-state index is 11.7. The predicted octanol–water partition coefficient (Wildman–Crippen LogP) is 1.64. The number of esters is 1. The molecule has 5 heteroatoms. The zero-order valence-electron chi connectivity index (χ0n) is 12.7. The van der Waals surface area contributed by atoms with Crippen LogP contribution in [0, 0.1) is 6.92 Å². The van der Waals surface area contributed by atoms with Crippen LogP contribution in [0.3, 0.4) is 0 Å². The van der Waals surface area contributed by atoms with E-state index in [-0.39, 0.29) is 18.7 Å². The lowest BCUT2D eigenvalue weighted by molar-refractivity contribution is -0.151. The van der Waals surface area contributed by atoms with Crippen molar-refractivity contribution in [2.24, 2.45) is 0 Å². The molecule has 1 saturated heterocycles. The summed E-state index contributed by atoms with van der Waals surface area (Å²) in [6.45, 7) is 7.86. The third-order valence-corrected chi connectivity index (χ3v) is 3.33. The Kier molecular flexibility index (Phi) is 6.02. The van der Waals surface area contributed by atoms with Crippen molar-refractivity contribution >= 4 is 5.97 Å². The minimum Gasteiger partial charge on any atom is -0.482 e. The number of rotatable bonds is 6. The summed E-state index contributed by atoms with van der Waals surface area (Å²) >= 11 is 0. The van der Waals surface area contributed by atoms with Gasteiger partial charge in [-0.2, -0.15) is 0 Å². The summed E-state index contributed by atoms with van der Waals surface area (Å²) in [4.78, 5) is 14.0. The predicted molar refractivity (Wildman–Crippen MR) is 79.5 cm³/mol. The van der Waals surface area contributed by atoms with Crippen molar-refractivity contribution in [3.05, 3.63) is 29.8 Å². The Morgan fingerprint density at radius 1 is 1.29 bits per heavy atom. The summed E-state index contributed by atoms with van der Waals surface area (Å²) < 4.78 is 16.0. The fraction of sp³-hybridized carbons (Fsp3) is 0.562. The molecular formula is C16H23NO4. The van der Waals surface area contributed by atoms with Crippen LogP contribution in [0.15, 0.2) is 24.3 Å². The van der Waals surface area contributed by atoms with Crippen LogP contribution in [-0.4, -0.2) is 56.4 Å². The molecule has 116 valence electrons. The van der Waals surface area contributed by atoms with E-state index in [0.29, 0.717) is 5.75 Å². The van der Waals surface area contributed by atoms with Crippen molar-refractivity contribution in [2.75, 3.05) is 39.5 Å². The average Bonchev–Trinajstić information content (AvgIpc) is 2.47. The van der Waals surface area contributed by atoms with Crippen molar-refractivity contribution in [1.82, 2.24) is 4.90 Å². The summed E-state index contributed by atoms with van der Waals surface area (Å²) in [5.74, 6) is 0.342. The first-order valence-electron chi connectivity index (χ1n) is 7.32. The Bertz CT molecular complexity index is 440. The fourth-order valence-corrected chi connectivity index (χ4v) is 2.22. The van der Waals surface area contributed by atoms with E-state index < -0.39 is 0 Å². The number of carbonyl (C=O) groups is 1. The second-order valence-electron chi connectivity index (χ2n) is 5.32. The van der Waals surface area contributed by atoms with Gasteiger partial charge in [0.1, 0.15) is 11.9 Å². The van der Waals surface area contributed by atoms with E-state index in [1.165, 1.54) is 0 Å². The van der Waals surface area contributed by atoms with Gasteiger partial charge in [0.15, 0.2) is 6.61 Å². The van der Waals surface area contributed by atoms with E-state index in [2.05, 4.69) is 4.90 Å². The number of ether oxygens (including phenoxy) is 3. The molecule has 0 spiro atoms. The SMILES string of the molecule is Cc1ccc(OCC(=O)O[C@H](C)CN2CCOCC2)cc1. The lowest BCUT2D eigenvalue weighted by Gasteiger charge is -2.28. The van der Waals surface area contributed by atoms with Gasteiger partial charge in [0.05, 0.1) is 13.2 Å². The maximum Gasteiger partial charge on any atom is 0.344 e. The Labute approximate surface area is 125 Å². The highest BCUT2D eigenvalue weighted by Crippen LogP contribution is 2.11. The molecule has 1 fully saturated rings. The highest BCUT2D eigenvalue weighted by atomic mass is 16.6. The lowest BCUT2D eigenvalue weighted by atomic mass is 10.2. The molecule has 1 aliphatic heterocycles. The Hall–Kier alpha value is -1.59. The normalized spacial score (nSPS) is 17.2. The molecule has 21 heavy (non-hydrogen) atoms. The molecule has 0 radical (unpaired) electrons. The molecule has 0 aliphatic carbocycles. The van der Waals surface area contributed by atoms with Gasteiger partial charge in [0, 0.05) is 19.6 Å². The minimum absolute atomic E-state index is 0.0590. The summed E-state index contributed by atoms with van der Waals surface area (Å²) in [6, 6.07) is 7.59. The third-order valence-electron chi connectivity index (χ3n) is 3.33. The highest BCUT2D eigenvalue weighted by Gasteiger charge is 2.16. The van der Waals surface area contributed by atoms with E-state index in [1.807, 2.05) is 38.1 Å². The van der Waals surface area contributed by atoms with Crippen molar-refractivity contribution < 1.29 is 19.0 Å². The molecule has 0 bridgehead atoms. The largest absolute Gasteiger partial charge is 0.482 e. The number of aryl methyl sites for hydroxylation is 1. The molecule has 1 aliphatic rings. The van der Waals surface area contributed by atoms with E-state index in [1.54, 1.807) is 0 Å². The summed E-state index contributed by atoms with van der Waals surface area (Å²) in [6.07, 6.45) is -0.141. The van der Waals surface area contributed by atoms with Crippen LogP contribution in [0.2, 0.25) is 0 Å². The third kappa shape index (κ3) is 5.73. The Morgan fingerprint density at radius 3 is 2.62 bits per heavy atom. The van der Waals surface area contributed by atoms with Crippen LogP contribution in [0.4, 0.5) is 0 Å². The van der Waals surface area contributed by atoms with Crippen molar-refractivity contribution in [3.8, 4) is 5.75 Å². The molecule has 0 N–H and O–H groups in total. The van der Waals surface area contributed by atoms with Crippen LogP contribution in [0.25, 0.3) is 0 Å². The molecule has 5 nitrogen and oxygen atoms in total. The van der Waals surface area contributed by atoms with Gasteiger partial charge < -0.3 is 14.2 Å². The first-order chi connectivity index (χ1) is 10.1. The maximum atomic E-state index is 11.7. The average molecular weight is 293 g/mol. The van der Waals surface area contributed by atoms with E-state index in [4.69, 9.17) is 14.2 Å². The number of nitrogens with zero attached hydrogens (tertiary/aromatic N) is 1. The van der Waals surface area contributed by atoms with Crippen LogP contribution >= 0.6 is 0 Å². The smallest absolute Gasteiger partial charge is 0.344 e. The molecule has 1 atom stereocenters. The van der Waals surface area contributed by atoms with Crippen LogP contribution in [0.5, 0.6) is 5.75 Å². The molecule has 2 rings (SSSR count). The van der Waals surface area contributed by atoms with Gasteiger partial charge in [-0.3, -0.25) is 4.90 Å². The van der Waals surface area contributed by atoms with Crippen molar-refractivity contribution in [1.29, 1.82) is 0 Å². The van der Waals surface area contributed by atoms with Gasteiger partial charge in [0.25, 0.3) is 0 Å². The zero-order chi connectivity index (χ0) is 15.1. The second-order valence-corrected chi connectivity index (χ2v) is 5.32. The van der Waals surface area contributed by atoms with Gasteiger partial charge in [-0.1, -0.05) is 17.7 Å². The number of carbonyl (C=O) groups excluding carboxylic acids is 1. The fourth-order valence-electron chi connectivity index (χ4n) is 2.22. The van der Waals surface area contributed by atoms with Gasteiger partial charge in [-0.25, -0.2) is 4.79 Å². The van der Waals surface area contributed by atoms with Crippen molar-refractivity contribution in [3.63, 3.8) is 0 Å². The molecule has 0 unspecified atom stereocenters. The van der Waals surface area contributed by atoms with E-state index >= 15 is 0 Å². The summed E-state index contributed by atoms with van der Waals surface area (Å²) in [7, 11) is 0. The van der Waals surface area contributed by atoms with Gasteiger partial charge in [-0.05, 0) is 26.0 Å². The summed E-state index contributed by atoms with van der Waals surface area (Å²) in [5.41, 5.74) is 1.16. The topological polar surface area (TPSA) is 48.0 Å². The van der Waals surface area contributed by atoms with Gasteiger partial charge >= 0.3 is 5.97 Å². The minimum atomic E-state index is -0.337. The molecule has 0 aromatic heterocycles. The standard InChI is InChI=1S/C16H23NO4/c1-13-3-5-15(6-4-13)20-12-16(18)21-14(2)11-17-7-9-19-10-8-17/h3-6,14H,7-12H2,1-2H3/t14-/m1/s1. The first-order valence-corrected chi connectivity index (χ1v) is 7.32. The van der Waals surface area contributed by atoms with Crippen LogP contribution in [-0.2, 0) is 14.3 Å². The quantitative estimate of drug-likeness (QED) is 0.746. The molecule has 1 aromatic carbocycles. The molecule has 0 saturated carbocycles. The monoisotopic (exact) mass is 293 g/mol. The van der Waals surface area contributed by atoms with Crippen molar-refractivity contribution in [2.45, 2.75) is 20.0 Å².